The van der Waals surface area contributed by atoms with E-state index in [1.54, 1.807) is 0 Å². The van der Waals surface area contributed by atoms with Crippen LogP contribution in [0.1, 0.15) is 57.8 Å². The Balaban J connectivity index is 1.36. The Morgan fingerprint density at radius 3 is 2.43 bits per heavy atom. The van der Waals surface area contributed by atoms with Gasteiger partial charge in [0.15, 0.2) is 0 Å². The fourth-order valence-corrected chi connectivity index (χ4v) is 3.87. The number of piperidine rings is 1. The summed E-state index contributed by atoms with van der Waals surface area (Å²) in [7, 11) is 0. The van der Waals surface area contributed by atoms with E-state index in [0.29, 0.717) is 24.0 Å². The maximum Gasteiger partial charge on any atom is 0.225 e. The second-order valence-corrected chi connectivity index (χ2v) is 6.83. The third-order valence-corrected chi connectivity index (χ3v) is 5.25. The van der Waals surface area contributed by atoms with E-state index in [0.717, 1.165) is 58.4 Å². The van der Waals surface area contributed by atoms with Crippen LogP contribution < -0.4 is 0 Å². The van der Waals surface area contributed by atoms with Crippen molar-refractivity contribution in [1.29, 1.82) is 0 Å². The van der Waals surface area contributed by atoms with E-state index < -0.39 is 0 Å². The van der Waals surface area contributed by atoms with Crippen molar-refractivity contribution in [3.8, 4) is 0 Å². The SMILES string of the molecule is O=C(C1CCCCC1)N1CCC(OCC2CCCO2)CC1. The molecular formula is C17H29NO3. The Hall–Kier alpha value is -0.610. The van der Waals surface area contributed by atoms with Crippen LogP contribution in [0.4, 0.5) is 0 Å². The lowest BCUT2D eigenvalue weighted by Crippen LogP contribution is -2.44. The molecule has 4 heteroatoms. The summed E-state index contributed by atoms with van der Waals surface area (Å²) in [4.78, 5) is 14.6. The Morgan fingerprint density at radius 1 is 1.00 bits per heavy atom. The Morgan fingerprint density at radius 2 is 1.76 bits per heavy atom. The van der Waals surface area contributed by atoms with Crippen molar-refractivity contribution in [3.63, 3.8) is 0 Å². The molecule has 0 bridgehead atoms. The van der Waals surface area contributed by atoms with Gasteiger partial charge in [-0.3, -0.25) is 4.79 Å². The highest BCUT2D eigenvalue weighted by atomic mass is 16.5. The first-order valence-electron chi connectivity index (χ1n) is 8.85. The Bertz CT molecular complexity index is 327. The van der Waals surface area contributed by atoms with Gasteiger partial charge in [-0.1, -0.05) is 19.3 Å². The van der Waals surface area contributed by atoms with Crippen LogP contribution in [-0.2, 0) is 14.3 Å². The number of hydrogen-bond acceptors (Lipinski definition) is 3. The van der Waals surface area contributed by atoms with E-state index in [4.69, 9.17) is 9.47 Å². The average molecular weight is 295 g/mol. The summed E-state index contributed by atoms with van der Waals surface area (Å²) in [5, 5.41) is 0. The van der Waals surface area contributed by atoms with Crippen molar-refractivity contribution in [3.05, 3.63) is 0 Å². The summed E-state index contributed by atoms with van der Waals surface area (Å²) >= 11 is 0. The van der Waals surface area contributed by atoms with Crippen LogP contribution in [0.5, 0.6) is 0 Å². The van der Waals surface area contributed by atoms with Crippen LogP contribution in [0, 0.1) is 5.92 Å². The molecule has 1 saturated carbocycles. The molecular weight excluding hydrogens is 266 g/mol. The highest BCUT2D eigenvalue weighted by Gasteiger charge is 2.29. The van der Waals surface area contributed by atoms with Crippen LogP contribution in [0.2, 0.25) is 0 Å². The van der Waals surface area contributed by atoms with E-state index >= 15 is 0 Å². The van der Waals surface area contributed by atoms with Gasteiger partial charge in [-0.15, -0.1) is 0 Å². The number of carbonyl (C=O) groups excluding carboxylic acids is 1. The summed E-state index contributed by atoms with van der Waals surface area (Å²) < 4.78 is 11.6. The second kappa shape index (κ2) is 7.59. The molecule has 4 nitrogen and oxygen atoms in total. The zero-order valence-electron chi connectivity index (χ0n) is 13.1. The molecule has 1 aliphatic carbocycles. The smallest absolute Gasteiger partial charge is 0.225 e. The minimum Gasteiger partial charge on any atom is -0.376 e. The van der Waals surface area contributed by atoms with Crippen LogP contribution in [-0.4, -0.2) is 49.3 Å². The van der Waals surface area contributed by atoms with E-state index in [-0.39, 0.29) is 0 Å². The highest BCUT2D eigenvalue weighted by molar-refractivity contribution is 5.79. The van der Waals surface area contributed by atoms with E-state index in [2.05, 4.69) is 4.90 Å². The Labute approximate surface area is 128 Å². The van der Waals surface area contributed by atoms with Gasteiger partial charge in [0, 0.05) is 25.6 Å². The molecule has 3 aliphatic rings. The number of carbonyl (C=O) groups is 1. The third-order valence-electron chi connectivity index (χ3n) is 5.25. The molecule has 1 amide bonds. The molecule has 2 saturated heterocycles. The summed E-state index contributed by atoms with van der Waals surface area (Å²) in [6.07, 6.45) is 10.9. The van der Waals surface area contributed by atoms with Crippen molar-refractivity contribution >= 4 is 5.91 Å². The normalized spacial score (nSPS) is 29.0. The maximum atomic E-state index is 12.5. The molecule has 1 unspecified atom stereocenters. The first kappa shape index (κ1) is 15.3. The minimum atomic E-state index is 0.308. The van der Waals surface area contributed by atoms with Gasteiger partial charge in [-0.2, -0.15) is 0 Å². The van der Waals surface area contributed by atoms with Crippen molar-refractivity contribution in [1.82, 2.24) is 4.90 Å². The lowest BCUT2D eigenvalue weighted by Gasteiger charge is -2.35. The summed E-state index contributed by atoms with van der Waals surface area (Å²) in [5.41, 5.74) is 0. The van der Waals surface area contributed by atoms with Gasteiger partial charge in [-0.25, -0.2) is 0 Å². The largest absolute Gasteiger partial charge is 0.376 e. The van der Waals surface area contributed by atoms with Gasteiger partial charge < -0.3 is 14.4 Å². The average Bonchev–Trinajstić information content (AvgIpc) is 3.07. The van der Waals surface area contributed by atoms with Crippen LogP contribution in [0.15, 0.2) is 0 Å². The predicted octanol–water partition coefficient (Wildman–Crippen LogP) is 2.75. The Kier molecular flexibility index (Phi) is 5.53. The molecule has 120 valence electrons. The zero-order chi connectivity index (χ0) is 14.5. The van der Waals surface area contributed by atoms with Gasteiger partial charge in [0.05, 0.1) is 18.8 Å². The summed E-state index contributed by atoms with van der Waals surface area (Å²) in [6, 6.07) is 0. The van der Waals surface area contributed by atoms with Crippen molar-refractivity contribution in [2.45, 2.75) is 70.0 Å². The number of likely N-dealkylation sites (tertiary alicyclic amines) is 1. The van der Waals surface area contributed by atoms with Crippen LogP contribution >= 0.6 is 0 Å². The minimum absolute atomic E-state index is 0.308. The highest BCUT2D eigenvalue weighted by Crippen LogP contribution is 2.27. The molecule has 2 aliphatic heterocycles. The molecule has 0 aromatic carbocycles. The predicted molar refractivity (Wildman–Crippen MR) is 81.1 cm³/mol. The van der Waals surface area contributed by atoms with Crippen LogP contribution in [0.25, 0.3) is 0 Å². The van der Waals surface area contributed by atoms with Gasteiger partial charge in [0.2, 0.25) is 5.91 Å². The fraction of sp³-hybridized carbons (Fsp3) is 0.941. The standard InChI is InChI=1S/C17H29NO3/c19-17(14-5-2-1-3-6-14)18-10-8-15(9-11-18)21-13-16-7-4-12-20-16/h14-16H,1-13H2. The molecule has 3 fully saturated rings. The monoisotopic (exact) mass is 295 g/mol. The molecule has 0 N–H and O–H groups in total. The molecule has 3 rings (SSSR count). The van der Waals surface area contributed by atoms with E-state index in [1.807, 2.05) is 0 Å². The second-order valence-electron chi connectivity index (χ2n) is 6.83. The molecule has 2 heterocycles. The number of nitrogens with zero attached hydrogens (tertiary/aromatic N) is 1. The molecule has 0 aromatic heterocycles. The topological polar surface area (TPSA) is 38.8 Å². The zero-order valence-corrected chi connectivity index (χ0v) is 13.1. The quantitative estimate of drug-likeness (QED) is 0.800. The van der Waals surface area contributed by atoms with E-state index in [9.17, 15) is 4.79 Å². The lowest BCUT2D eigenvalue weighted by molar-refractivity contribution is -0.139. The molecule has 21 heavy (non-hydrogen) atoms. The van der Waals surface area contributed by atoms with Gasteiger partial charge in [-0.05, 0) is 38.5 Å². The first-order valence-corrected chi connectivity index (χ1v) is 8.85. The number of ether oxygens (including phenoxy) is 2. The fourth-order valence-electron chi connectivity index (χ4n) is 3.87. The van der Waals surface area contributed by atoms with Gasteiger partial charge in [0.25, 0.3) is 0 Å². The van der Waals surface area contributed by atoms with Gasteiger partial charge >= 0.3 is 0 Å². The molecule has 0 spiro atoms. The summed E-state index contributed by atoms with van der Waals surface area (Å²) in [6.45, 7) is 3.39. The summed E-state index contributed by atoms with van der Waals surface area (Å²) in [5.74, 6) is 0.718. The maximum absolute atomic E-state index is 12.5. The van der Waals surface area contributed by atoms with Crippen molar-refractivity contribution < 1.29 is 14.3 Å². The lowest BCUT2D eigenvalue weighted by atomic mass is 9.88. The van der Waals surface area contributed by atoms with E-state index in [1.165, 1.54) is 25.7 Å². The third kappa shape index (κ3) is 4.19. The van der Waals surface area contributed by atoms with Crippen LogP contribution in [0.3, 0.4) is 0 Å². The van der Waals surface area contributed by atoms with Crippen molar-refractivity contribution in [2.75, 3.05) is 26.3 Å². The molecule has 0 aromatic rings. The number of amides is 1. The number of rotatable bonds is 4. The van der Waals surface area contributed by atoms with Gasteiger partial charge in [0.1, 0.15) is 0 Å². The number of hydrogen-bond donors (Lipinski definition) is 0. The van der Waals surface area contributed by atoms with Crippen molar-refractivity contribution in [2.24, 2.45) is 5.92 Å². The first-order chi connectivity index (χ1) is 10.3. The molecule has 0 radical (unpaired) electrons. The molecule has 1 atom stereocenters.